The fourth-order valence-corrected chi connectivity index (χ4v) is 1.60. The molecular formula is C10H17NO4S. The molecule has 0 aromatic carbocycles. The first kappa shape index (κ1) is 15.2. The molecule has 16 heavy (non-hydrogen) atoms. The van der Waals surface area contributed by atoms with Gasteiger partial charge in [0, 0.05) is 13.1 Å². The zero-order valence-electron chi connectivity index (χ0n) is 9.04. The molecule has 6 heteroatoms. The van der Waals surface area contributed by atoms with E-state index in [-0.39, 0.29) is 32.2 Å². The maximum atomic E-state index is 11.5. The highest BCUT2D eigenvalue weighted by Gasteiger charge is 2.10. The van der Waals surface area contributed by atoms with Crippen molar-refractivity contribution in [3.63, 3.8) is 0 Å². The smallest absolute Gasteiger partial charge is 0.251 e. The van der Waals surface area contributed by atoms with Crippen LogP contribution in [0.15, 0.2) is 24.1 Å². The number of amides is 1. The topological polar surface area (TPSA) is 83.8 Å². The Morgan fingerprint density at radius 1 is 1.38 bits per heavy atom. The van der Waals surface area contributed by atoms with E-state index in [1.807, 2.05) is 0 Å². The maximum absolute atomic E-state index is 11.5. The Morgan fingerprint density at radius 2 is 1.94 bits per heavy atom. The van der Waals surface area contributed by atoms with Crippen molar-refractivity contribution in [2.24, 2.45) is 0 Å². The summed E-state index contributed by atoms with van der Waals surface area (Å²) in [6.45, 7) is 3.39. The molecule has 0 spiro atoms. The Hall–Kier alpha value is -0.820. The normalized spacial score (nSPS) is 12.7. The Labute approximate surface area is 98.2 Å². The molecule has 0 saturated heterocycles. The molecule has 0 fully saturated rings. The number of carbonyl (C=O) groups is 1. The standard InChI is InChI=1S/C10H17NO4S/c1-2-8-16(15)9-3-10(14)11(4-6-12)5-7-13/h2-3,9,12-13H,1,4-8H2. The highest BCUT2D eigenvalue weighted by Crippen LogP contribution is 1.96. The van der Waals surface area contributed by atoms with E-state index in [2.05, 4.69) is 6.58 Å². The van der Waals surface area contributed by atoms with Gasteiger partial charge in [-0.3, -0.25) is 4.79 Å². The van der Waals surface area contributed by atoms with E-state index >= 15 is 0 Å². The molecule has 1 amide bonds. The van der Waals surface area contributed by atoms with Crippen molar-refractivity contribution in [2.75, 3.05) is 32.1 Å². The minimum Gasteiger partial charge on any atom is -0.612 e. The molecule has 0 aliphatic rings. The summed E-state index contributed by atoms with van der Waals surface area (Å²) in [7, 11) is 0. The van der Waals surface area contributed by atoms with Crippen LogP contribution in [0.3, 0.4) is 0 Å². The van der Waals surface area contributed by atoms with E-state index in [1.165, 1.54) is 22.5 Å². The first-order valence-corrected chi connectivity index (χ1v) is 6.20. The average Bonchev–Trinajstić information content (AvgIpc) is 2.26. The third-order valence-electron chi connectivity index (χ3n) is 1.70. The van der Waals surface area contributed by atoms with Crippen molar-refractivity contribution in [3.8, 4) is 0 Å². The molecule has 1 atom stereocenters. The summed E-state index contributed by atoms with van der Waals surface area (Å²) >= 11 is -1.24. The van der Waals surface area contributed by atoms with Crippen LogP contribution in [0, 0.1) is 0 Å². The van der Waals surface area contributed by atoms with Crippen LogP contribution in [0.25, 0.3) is 0 Å². The number of aliphatic hydroxyl groups excluding tert-OH is 2. The van der Waals surface area contributed by atoms with E-state index in [0.717, 1.165) is 0 Å². The highest BCUT2D eigenvalue weighted by molar-refractivity contribution is 7.94. The Morgan fingerprint density at radius 3 is 2.38 bits per heavy atom. The lowest BCUT2D eigenvalue weighted by Crippen LogP contribution is -2.34. The van der Waals surface area contributed by atoms with Gasteiger partial charge < -0.3 is 19.7 Å². The van der Waals surface area contributed by atoms with Gasteiger partial charge in [-0.1, -0.05) is 6.58 Å². The van der Waals surface area contributed by atoms with Gasteiger partial charge in [0.05, 0.1) is 19.3 Å². The number of hydrogen-bond acceptors (Lipinski definition) is 4. The summed E-state index contributed by atoms with van der Waals surface area (Å²) in [5.74, 6) is -0.0791. The number of rotatable bonds is 8. The summed E-state index contributed by atoms with van der Waals surface area (Å²) in [5, 5.41) is 18.7. The lowest BCUT2D eigenvalue weighted by molar-refractivity contribution is -0.127. The molecule has 5 nitrogen and oxygen atoms in total. The van der Waals surface area contributed by atoms with Gasteiger partial charge in [0.1, 0.15) is 11.2 Å². The van der Waals surface area contributed by atoms with Gasteiger partial charge in [-0.05, 0) is 17.3 Å². The fraction of sp³-hybridized carbons (Fsp3) is 0.500. The number of aliphatic hydroxyl groups is 2. The van der Waals surface area contributed by atoms with Gasteiger partial charge in [0.2, 0.25) is 0 Å². The van der Waals surface area contributed by atoms with Crippen molar-refractivity contribution in [1.29, 1.82) is 0 Å². The molecule has 0 rings (SSSR count). The van der Waals surface area contributed by atoms with Gasteiger partial charge in [0.25, 0.3) is 5.91 Å². The second-order valence-corrected chi connectivity index (χ2v) is 4.28. The molecule has 0 aliphatic carbocycles. The predicted molar refractivity (Wildman–Crippen MR) is 63.1 cm³/mol. The zero-order chi connectivity index (χ0) is 12.4. The average molecular weight is 247 g/mol. The van der Waals surface area contributed by atoms with Crippen LogP contribution >= 0.6 is 0 Å². The van der Waals surface area contributed by atoms with Gasteiger partial charge in [-0.2, -0.15) is 0 Å². The van der Waals surface area contributed by atoms with Gasteiger partial charge >= 0.3 is 0 Å². The predicted octanol–water partition coefficient (Wildman–Crippen LogP) is -0.752. The molecule has 0 heterocycles. The van der Waals surface area contributed by atoms with Crippen LogP contribution in [-0.4, -0.2) is 57.6 Å². The molecule has 1 unspecified atom stereocenters. The lowest BCUT2D eigenvalue weighted by Gasteiger charge is -2.18. The van der Waals surface area contributed by atoms with Crippen LogP contribution in [-0.2, 0) is 16.0 Å². The monoisotopic (exact) mass is 247 g/mol. The van der Waals surface area contributed by atoms with Crippen LogP contribution < -0.4 is 0 Å². The van der Waals surface area contributed by atoms with Crippen LogP contribution in [0.5, 0.6) is 0 Å². The van der Waals surface area contributed by atoms with E-state index < -0.39 is 11.2 Å². The molecule has 0 aromatic heterocycles. The third-order valence-corrected chi connectivity index (χ3v) is 2.70. The van der Waals surface area contributed by atoms with E-state index in [0.29, 0.717) is 5.75 Å². The van der Waals surface area contributed by atoms with Crippen molar-refractivity contribution < 1.29 is 19.6 Å². The number of carbonyl (C=O) groups excluding carboxylic acids is 1. The molecule has 0 bridgehead atoms. The Balaban J connectivity index is 4.22. The molecule has 2 N–H and O–H groups in total. The van der Waals surface area contributed by atoms with E-state index in [4.69, 9.17) is 10.2 Å². The summed E-state index contributed by atoms with van der Waals surface area (Å²) in [5.41, 5.74) is 0. The highest BCUT2D eigenvalue weighted by atomic mass is 32.2. The van der Waals surface area contributed by atoms with Gasteiger partial charge in [-0.25, -0.2) is 0 Å². The summed E-state index contributed by atoms with van der Waals surface area (Å²) in [6.07, 6.45) is 2.69. The Kier molecular flexibility index (Phi) is 8.93. The molecule has 0 saturated carbocycles. The number of nitrogens with zero attached hydrogens (tertiary/aromatic N) is 1. The molecule has 0 aromatic rings. The summed E-state index contributed by atoms with van der Waals surface area (Å²) in [4.78, 5) is 12.8. The number of hydrogen-bond donors (Lipinski definition) is 2. The van der Waals surface area contributed by atoms with Crippen LogP contribution in [0.2, 0.25) is 0 Å². The molecule has 92 valence electrons. The van der Waals surface area contributed by atoms with E-state index in [9.17, 15) is 9.35 Å². The SMILES string of the molecule is C=CC[S+]([O-])C=CC(=O)N(CCO)CCO. The minimum atomic E-state index is -1.24. The van der Waals surface area contributed by atoms with Crippen LogP contribution in [0.1, 0.15) is 0 Å². The largest absolute Gasteiger partial charge is 0.612 e. The zero-order valence-corrected chi connectivity index (χ0v) is 9.86. The second kappa shape index (κ2) is 9.41. The first-order valence-electron chi connectivity index (χ1n) is 4.82. The third kappa shape index (κ3) is 6.62. The van der Waals surface area contributed by atoms with E-state index in [1.54, 1.807) is 0 Å². The lowest BCUT2D eigenvalue weighted by atomic mass is 10.4. The van der Waals surface area contributed by atoms with Crippen molar-refractivity contribution in [2.45, 2.75) is 0 Å². The van der Waals surface area contributed by atoms with Crippen molar-refractivity contribution >= 4 is 17.1 Å². The summed E-state index contributed by atoms with van der Waals surface area (Å²) in [6, 6.07) is 0. The fourth-order valence-electron chi connectivity index (χ4n) is 0.985. The molecular weight excluding hydrogens is 230 g/mol. The maximum Gasteiger partial charge on any atom is 0.251 e. The quantitative estimate of drug-likeness (QED) is 0.336. The summed E-state index contributed by atoms with van der Waals surface area (Å²) < 4.78 is 11.2. The van der Waals surface area contributed by atoms with Gasteiger partial charge in [-0.15, -0.1) is 0 Å². The van der Waals surface area contributed by atoms with Crippen LogP contribution in [0.4, 0.5) is 0 Å². The first-order chi connectivity index (χ1) is 7.65. The minimum absolute atomic E-state index is 0.151. The second-order valence-electron chi connectivity index (χ2n) is 2.91. The Bertz CT molecular complexity index is 239. The van der Waals surface area contributed by atoms with Crippen molar-refractivity contribution in [1.82, 2.24) is 4.90 Å². The van der Waals surface area contributed by atoms with Gasteiger partial charge in [0.15, 0.2) is 0 Å². The molecule has 0 aliphatic heterocycles. The molecule has 0 radical (unpaired) electrons. The van der Waals surface area contributed by atoms with Crippen molar-refractivity contribution in [3.05, 3.63) is 24.1 Å².